The van der Waals surface area contributed by atoms with E-state index in [4.69, 9.17) is 15.2 Å². The lowest BCUT2D eigenvalue weighted by molar-refractivity contribution is 0.0376. The average molecular weight is 462 g/mol. The van der Waals surface area contributed by atoms with Gasteiger partial charge < -0.3 is 20.5 Å². The van der Waals surface area contributed by atoms with E-state index in [0.717, 1.165) is 57.1 Å². The summed E-state index contributed by atoms with van der Waals surface area (Å²) in [5, 5.41) is 3.17. The lowest BCUT2D eigenvalue weighted by Gasteiger charge is -2.26. The topological polar surface area (TPSA) is 72.1 Å². The molecule has 0 aliphatic carbocycles. The Hall–Kier alpha value is -1.06. The van der Waals surface area contributed by atoms with E-state index in [2.05, 4.69) is 15.2 Å². The zero-order valence-corrected chi connectivity index (χ0v) is 17.6. The van der Waals surface area contributed by atoms with Gasteiger partial charge in [-0.2, -0.15) is 0 Å². The summed E-state index contributed by atoms with van der Waals surface area (Å²) in [6.07, 6.45) is 1.03. The Bertz CT molecular complexity index is 522. The number of hydrogen-bond donors (Lipinski definition) is 2. The van der Waals surface area contributed by atoms with Crippen LogP contribution < -0.4 is 15.8 Å². The van der Waals surface area contributed by atoms with Gasteiger partial charge in [-0.1, -0.05) is 18.2 Å². The molecule has 1 aliphatic rings. The highest BCUT2D eigenvalue weighted by Crippen LogP contribution is 2.17. The molecule has 1 saturated heterocycles. The van der Waals surface area contributed by atoms with Gasteiger partial charge in [-0.25, -0.2) is 4.99 Å². The molecule has 2 rings (SSSR count). The molecule has 25 heavy (non-hydrogen) atoms. The predicted octanol–water partition coefficient (Wildman–Crippen LogP) is 2.01. The molecule has 1 heterocycles. The number of aliphatic imine (C=N–C) groups is 1. The molecule has 1 aromatic rings. The third kappa shape index (κ3) is 8.73. The van der Waals surface area contributed by atoms with Crippen LogP contribution in [0.1, 0.15) is 18.9 Å². The maximum atomic E-state index is 5.91. The zero-order valence-electron chi connectivity index (χ0n) is 15.2. The minimum atomic E-state index is -0.0141. The fraction of sp³-hybridized carbons (Fsp3) is 0.611. The average Bonchev–Trinajstić information content (AvgIpc) is 2.60. The van der Waals surface area contributed by atoms with Gasteiger partial charge in [0.05, 0.1) is 19.8 Å². The molecule has 0 aromatic heterocycles. The number of para-hydroxylation sites is 1. The summed E-state index contributed by atoms with van der Waals surface area (Å²) in [6, 6.07) is 7.99. The first-order valence-corrected chi connectivity index (χ1v) is 8.71. The number of ether oxygens (including phenoxy) is 2. The van der Waals surface area contributed by atoms with Crippen LogP contribution in [-0.2, 0) is 4.74 Å². The molecular weight excluding hydrogens is 431 g/mol. The maximum Gasteiger partial charge on any atom is 0.188 e. The highest BCUT2D eigenvalue weighted by atomic mass is 127. The second kappa shape index (κ2) is 12.3. The van der Waals surface area contributed by atoms with Gasteiger partial charge in [0.25, 0.3) is 0 Å². The van der Waals surface area contributed by atoms with Crippen molar-refractivity contribution in [3.05, 3.63) is 29.8 Å². The molecule has 0 saturated carbocycles. The Balaban J connectivity index is 0.00000312. The summed E-state index contributed by atoms with van der Waals surface area (Å²) in [7, 11) is 0. The van der Waals surface area contributed by atoms with E-state index in [9.17, 15) is 0 Å². The summed E-state index contributed by atoms with van der Waals surface area (Å²) >= 11 is 0. The summed E-state index contributed by atoms with van der Waals surface area (Å²) < 4.78 is 11.2. The SMILES string of the molecule is Cc1ccccc1OC(C)CN=C(N)NCCCN1CCOCC1.I. The van der Waals surface area contributed by atoms with Crippen molar-refractivity contribution >= 4 is 29.9 Å². The number of halogens is 1. The van der Waals surface area contributed by atoms with Crippen LogP contribution in [0.4, 0.5) is 0 Å². The van der Waals surface area contributed by atoms with Crippen LogP contribution in [0.3, 0.4) is 0 Å². The van der Waals surface area contributed by atoms with Crippen LogP contribution in [0, 0.1) is 6.92 Å². The lowest BCUT2D eigenvalue weighted by Crippen LogP contribution is -2.39. The van der Waals surface area contributed by atoms with Gasteiger partial charge in [-0.15, -0.1) is 24.0 Å². The summed E-state index contributed by atoms with van der Waals surface area (Å²) in [6.45, 7) is 10.2. The van der Waals surface area contributed by atoms with Gasteiger partial charge in [0, 0.05) is 19.6 Å². The van der Waals surface area contributed by atoms with Crippen molar-refractivity contribution in [2.75, 3.05) is 45.9 Å². The fourth-order valence-electron chi connectivity index (χ4n) is 2.57. The number of benzene rings is 1. The molecule has 1 unspecified atom stereocenters. The van der Waals surface area contributed by atoms with Gasteiger partial charge in [0.15, 0.2) is 5.96 Å². The largest absolute Gasteiger partial charge is 0.489 e. The Morgan fingerprint density at radius 2 is 2.08 bits per heavy atom. The number of nitrogens with one attached hydrogen (secondary N) is 1. The van der Waals surface area contributed by atoms with Crippen molar-refractivity contribution in [3.8, 4) is 5.75 Å². The summed E-state index contributed by atoms with van der Waals surface area (Å²) in [5.41, 5.74) is 7.04. The second-order valence-corrected chi connectivity index (χ2v) is 6.15. The Kier molecular flexibility index (Phi) is 10.8. The number of rotatable bonds is 8. The van der Waals surface area contributed by atoms with E-state index < -0.39 is 0 Å². The second-order valence-electron chi connectivity index (χ2n) is 6.15. The minimum Gasteiger partial charge on any atom is -0.489 e. The first-order valence-electron chi connectivity index (χ1n) is 8.71. The van der Waals surface area contributed by atoms with Gasteiger partial charge >= 0.3 is 0 Å². The van der Waals surface area contributed by atoms with E-state index in [1.807, 2.05) is 38.1 Å². The quantitative estimate of drug-likeness (QED) is 0.268. The molecule has 142 valence electrons. The summed E-state index contributed by atoms with van der Waals surface area (Å²) in [4.78, 5) is 6.77. The number of guanidine groups is 1. The van der Waals surface area contributed by atoms with E-state index in [1.54, 1.807) is 0 Å². The third-order valence-electron chi connectivity index (χ3n) is 4.00. The van der Waals surface area contributed by atoms with Crippen LogP contribution in [0.2, 0.25) is 0 Å². The van der Waals surface area contributed by atoms with Gasteiger partial charge in [-0.05, 0) is 38.4 Å². The van der Waals surface area contributed by atoms with Gasteiger partial charge in [0.1, 0.15) is 11.9 Å². The van der Waals surface area contributed by atoms with Crippen molar-refractivity contribution in [2.45, 2.75) is 26.4 Å². The maximum absolute atomic E-state index is 5.91. The van der Waals surface area contributed by atoms with Crippen molar-refractivity contribution in [1.82, 2.24) is 10.2 Å². The summed E-state index contributed by atoms with van der Waals surface area (Å²) in [5.74, 6) is 1.38. The number of nitrogens with two attached hydrogens (primary N) is 1. The van der Waals surface area contributed by atoms with Crippen molar-refractivity contribution in [2.24, 2.45) is 10.7 Å². The number of morpholine rings is 1. The van der Waals surface area contributed by atoms with E-state index in [0.29, 0.717) is 12.5 Å². The highest BCUT2D eigenvalue weighted by molar-refractivity contribution is 14.0. The third-order valence-corrected chi connectivity index (χ3v) is 4.00. The Morgan fingerprint density at radius 1 is 1.36 bits per heavy atom. The Morgan fingerprint density at radius 3 is 2.80 bits per heavy atom. The monoisotopic (exact) mass is 462 g/mol. The molecule has 3 N–H and O–H groups in total. The van der Waals surface area contributed by atoms with Crippen LogP contribution in [0.15, 0.2) is 29.3 Å². The first-order chi connectivity index (χ1) is 11.6. The molecule has 0 bridgehead atoms. The molecule has 7 heteroatoms. The van der Waals surface area contributed by atoms with E-state index >= 15 is 0 Å². The standard InChI is InChI=1S/C18H30N4O2.HI/c1-15-6-3-4-7-17(15)24-16(2)14-21-18(19)20-8-5-9-22-10-12-23-13-11-22;/h3-4,6-7,16H,5,8-14H2,1-2H3,(H3,19,20,21);1H. The van der Waals surface area contributed by atoms with E-state index in [-0.39, 0.29) is 30.1 Å². The van der Waals surface area contributed by atoms with Crippen LogP contribution >= 0.6 is 24.0 Å². The molecule has 1 aromatic carbocycles. The molecule has 6 nitrogen and oxygen atoms in total. The molecule has 0 amide bonds. The molecule has 0 spiro atoms. The zero-order chi connectivity index (χ0) is 17.2. The normalized spacial score (nSPS) is 16.8. The lowest BCUT2D eigenvalue weighted by atomic mass is 10.2. The van der Waals surface area contributed by atoms with Crippen LogP contribution in [0.25, 0.3) is 0 Å². The Labute approximate surface area is 168 Å². The van der Waals surface area contributed by atoms with Gasteiger partial charge in [0.2, 0.25) is 0 Å². The van der Waals surface area contributed by atoms with Crippen molar-refractivity contribution < 1.29 is 9.47 Å². The van der Waals surface area contributed by atoms with Crippen LogP contribution in [-0.4, -0.2) is 62.9 Å². The number of aryl methyl sites for hydroxylation is 1. The molecule has 1 atom stereocenters. The highest BCUT2D eigenvalue weighted by Gasteiger charge is 2.09. The molecule has 1 fully saturated rings. The van der Waals surface area contributed by atoms with Crippen molar-refractivity contribution in [1.29, 1.82) is 0 Å². The molecule has 0 radical (unpaired) electrons. The number of hydrogen-bond acceptors (Lipinski definition) is 4. The smallest absolute Gasteiger partial charge is 0.188 e. The number of nitrogens with zero attached hydrogens (tertiary/aromatic N) is 2. The van der Waals surface area contributed by atoms with Gasteiger partial charge in [-0.3, -0.25) is 4.90 Å². The predicted molar refractivity (Wildman–Crippen MR) is 113 cm³/mol. The first kappa shape index (κ1) is 22.0. The van der Waals surface area contributed by atoms with E-state index in [1.165, 1.54) is 0 Å². The minimum absolute atomic E-state index is 0. The molecule has 1 aliphatic heterocycles. The van der Waals surface area contributed by atoms with Crippen LogP contribution in [0.5, 0.6) is 5.75 Å². The van der Waals surface area contributed by atoms with Crippen molar-refractivity contribution in [3.63, 3.8) is 0 Å². The molecular formula is C18H31IN4O2. The fourth-order valence-corrected chi connectivity index (χ4v) is 2.57.